The van der Waals surface area contributed by atoms with E-state index in [1.807, 2.05) is 62.1 Å². The Morgan fingerprint density at radius 3 is 2.72 bits per heavy atom. The number of thiophene rings is 1. The van der Waals surface area contributed by atoms with Gasteiger partial charge in [-0.3, -0.25) is 10.1 Å². The zero-order valence-electron chi connectivity index (χ0n) is 17.8. The Bertz CT molecular complexity index is 1480. The van der Waals surface area contributed by atoms with Crippen molar-refractivity contribution in [2.24, 2.45) is 7.05 Å². The van der Waals surface area contributed by atoms with Gasteiger partial charge >= 0.3 is 0 Å². The largest absolute Gasteiger partial charge is 0.353 e. The molecule has 0 saturated carbocycles. The number of aromatic nitrogens is 6. The van der Waals surface area contributed by atoms with Gasteiger partial charge in [0, 0.05) is 23.7 Å². The summed E-state index contributed by atoms with van der Waals surface area (Å²) in [4.78, 5) is 14.7. The van der Waals surface area contributed by atoms with Crippen molar-refractivity contribution in [1.82, 2.24) is 29.7 Å². The SMILES string of the molecule is C=C(Nc1cncc(-c2ccc(Cl)s2)c1C)c1n[nH]c2ccc(-c3cnc(C)n3C)nc12. The Hall–Kier alpha value is -3.49. The lowest BCUT2D eigenvalue weighted by Crippen LogP contribution is -2.02. The van der Waals surface area contributed by atoms with Crippen molar-refractivity contribution in [3.8, 4) is 21.8 Å². The molecule has 2 N–H and O–H groups in total. The van der Waals surface area contributed by atoms with Gasteiger partial charge in [0.25, 0.3) is 0 Å². The lowest BCUT2D eigenvalue weighted by Gasteiger charge is -2.13. The molecule has 7 nitrogen and oxygen atoms in total. The molecule has 9 heteroatoms. The molecule has 5 rings (SSSR count). The van der Waals surface area contributed by atoms with Crippen molar-refractivity contribution >= 4 is 45.4 Å². The van der Waals surface area contributed by atoms with Gasteiger partial charge in [0.05, 0.1) is 45.0 Å². The number of anilines is 1. The Morgan fingerprint density at radius 2 is 2.00 bits per heavy atom. The fraction of sp³-hybridized carbons (Fsp3) is 0.130. The van der Waals surface area contributed by atoms with Crippen LogP contribution in [0, 0.1) is 13.8 Å². The summed E-state index contributed by atoms with van der Waals surface area (Å²) in [6, 6.07) is 7.82. The van der Waals surface area contributed by atoms with Crippen LogP contribution in [0.25, 0.3) is 38.6 Å². The maximum Gasteiger partial charge on any atom is 0.134 e. The van der Waals surface area contributed by atoms with Crippen LogP contribution in [0.4, 0.5) is 5.69 Å². The molecule has 0 aliphatic rings. The van der Waals surface area contributed by atoms with E-state index in [0.717, 1.165) is 54.3 Å². The van der Waals surface area contributed by atoms with E-state index in [0.29, 0.717) is 11.4 Å². The molecule has 0 aromatic carbocycles. The molecule has 0 aliphatic heterocycles. The molecule has 160 valence electrons. The summed E-state index contributed by atoms with van der Waals surface area (Å²) in [5.41, 5.74) is 7.57. The second-order valence-electron chi connectivity index (χ2n) is 7.48. The molecule has 0 aliphatic carbocycles. The van der Waals surface area contributed by atoms with Crippen LogP contribution in [0.1, 0.15) is 17.1 Å². The molecule has 0 spiro atoms. The molecule has 5 aromatic heterocycles. The van der Waals surface area contributed by atoms with E-state index >= 15 is 0 Å². The molecule has 0 unspecified atom stereocenters. The number of fused-ring (bicyclic) bond motifs is 1. The molecule has 0 atom stereocenters. The maximum absolute atomic E-state index is 6.12. The molecular formula is C23H20ClN7S. The number of H-pyrrole nitrogens is 1. The first kappa shape index (κ1) is 20.4. The lowest BCUT2D eigenvalue weighted by atomic mass is 10.1. The van der Waals surface area contributed by atoms with Gasteiger partial charge in [-0.05, 0) is 43.7 Å². The zero-order valence-corrected chi connectivity index (χ0v) is 19.3. The average molecular weight is 462 g/mol. The predicted molar refractivity (Wildman–Crippen MR) is 131 cm³/mol. The molecule has 0 amide bonds. The van der Waals surface area contributed by atoms with Gasteiger partial charge in [0.15, 0.2) is 0 Å². The molecular weight excluding hydrogens is 442 g/mol. The first-order valence-electron chi connectivity index (χ1n) is 9.93. The van der Waals surface area contributed by atoms with Gasteiger partial charge in [-0.25, -0.2) is 9.97 Å². The first-order valence-corrected chi connectivity index (χ1v) is 11.1. The number of pyridine rings is 2. The molecule has 0 bridgehead atoms. The van der Waals surface area contributed by atoms with Gasteiger partial charge in [-0.1, -0.05) is 18.2 Å². The van der Waals surface area contributed by atoms with Crippen LogP contribution < -0.4 is 5.32 Å². The van der Waals surface area contributed by atoms with Crippen LogP contribution in [0.5, 0.6) is 0 Å². The Morgan fingerprint density at radius 1 is 1.16 bits per heavy atom. The number of halogens is 1. The smallest absolute Gasteiger partial charge is 0.134 e. The molecule has 5 heterocycles. The van der Waals surface area contributed by atoms with Crippen LogP contribution in [-0.2, 0) is 7.05 Å². The summed E-state index contributed by atoms with van der Waals surface area (Å²) < 4.78 is 2.76. The number of nitrogens with one attached hydrogen (secondary N) is 2. The molecule has 0 radical (unpaired) electrons. The lowest BCUT2D eigenvalue weighted by molar-refractivity contribution is 0.862. The molecule has 5 aromatic rings. The van der Waals surface area contributed by atoms with Gasteiger partial charge in [0.2, 0.25) is 0 Å². The summed E-state index contributed by atoms with van der Waals surface area (Å²) in [6.07, 6.45) is 5.46. The number of nitrogens with zero attached hydrogens (tertiary/aromatic N) is 5. The summed E-state index contributed by atoms with van der Waals surface area (Å²) in [5, 5.41) is 10.9. The Balaban J connectivity index is 1.49. The van der Waals surface area contributed by atoms with Crippen molar-refractivity contribution in [3.63, 3.8) is 0 Å². The fourth-order valence-electron chi connectivity index (χ4n) is 3.57. The number of aromatic amines is 1. The van der Waals surface area contributed by atoms with E-state index in [9.17, 15) is 0 Å². The molecule has 0 saturated heterocycles. The minimum atomic E-state index is 0.633. The molecule has 32 heavy (non-hydrogen) atoms. The summed E-state index contributed by atoms with van der Waals surface area (Å²) in [6.45, 7) is 8.23. The predicted octanol–water partition coefficient (Wildman–Crippen LogP) is 5.83. The highest BCUT2D eigenvalue weighted by Gasteiger charge is 2.16. The quantitative estimate of drug-likeness (QED) is 0.343. The van der Waals surface area contributed by atoms with E-state index in [2.05, 4.69) is 32.1 Å². The highest BCUT2D eigenvalue weighted by Crippen LogP contribution is 2.35. The minimum Gasteiger partial charge on any atom is -0.353 e. The Labute approximate surface area is 193 Å². The third-order valence-electron chi connectivity index (χ3n) is 5.52. The summed E-state index contributed by atoms with van der Waals surface area (Å²) in [7, 11) is 1.98. The summed E-state index contributed by atoms with van der Waals surface area (Å²) in [5.74, 6) is 0.926. The minimum absolute atomic E-state index is 0.633. The topological polar surface area (TPSA) is 84.3 Å². The van der Waals surface area contributed by atoms with E-state index in [-0.39, 0.29) is 0 Å². The second kappa shape index (κ2) is 7.89. The molecule has 0 fully saturated rings. The van der Waals surface area contributed by atoms with Gasteiger partial charge < -0.3 is 9.88 Å². The van der Waals surface area contributed by atoms with Crippen molar-refractivity contribution < 1.29 is 0 Å². The van der Waals surface area contributed by atoms with E-state index in [1.54, 1.807) is 6.20 Å². The van der Waals surface area contributed by atoms with Crippen LogP contribution >= 0.6 is 22.9 Å². The number of hydrogen-bond donors (Lipinski definition) is 2. The highest BCUT2D eigenvalue weighted by atomic mass is 35.5. The van der Waals surface area contributed by atoms with Crippen molar-refractivity contribution in [3.05, 3.63) is 70.9 Å². The van der Waals surface area contributed by atoms with Crippen molar-refractivity contribution in [2.75, 3.05) is 5.32 Å². The van der Waals surface area contributed by atoms with Crippen LogP contribution in [-0.4, -0.2) is 29.7 Å². The van der Waals surface area contributed by atoms with Gasteiger partial charge in [0.1, 0.15) is 17.0 Å². The van der Waals surface area contributed by atoms with E-state index < -0.39 is 0 Å². The first-order chi connectivity index (χ1) is 15.4. The second-order valence-corrected chi connectivity index (χ2v) is 9.20. The van der Waals surface area contributed by atoms with Gasteiger partial charge in [-0.2, -0.15) is 5.10 Å². The fourth-order valence-corrected chi connectivity index (χ4v) is 4.68. The van der Waals surface area contributed by atoms with Crippen molar-refractivity contribution in [1.29, 1.82) is 0 Å². The standard InChI is InChI=1S/C23H20ClN7S/c1-12-15(20-7-8-21(24)32-20)9-25-10-18(12)27-13(2)22-23-17(29-30-22)6-5-16(28-23)19-11-26-14(3)31(19)4/h5-11,27H,2H2,1,3-4H3,(H,29,30). The van der Waals surface area contributed by atoms with Gasteiger partial charge in [-0.15, -0.1) is 11.3 Å². The average Bonchev–Trinajstić information content (AvgIpc) is 3.48. The highest BCUT2D eigenvalue weighted by molar-refractivity contribution is 7.19. The zero-order chi connectivity index (χ0) is 22.4. The van der Waals surface area contributed by atoms with Crippen molar-refractivity contribution in [2.45, 2.75) is 13.8 Å². The summed E-state index contributed by atoms with van der Waals surface area (Å²) >= 11 is 7.65. The van der Waals surface area contributed by atoms with Crippen LogP contribution in [0.15, 0.2) is 49.4 Å². The van der Waals surface area contributed by atoms with E-state index in [1.165, 1.54) is 11.3 Å². The van der Waals surface area contributed by atoms with Crippen LogP contribution in [0.3, 0.4) is 0 Å². The monoisotopic (exact) mass is 461 g/mol. The normalized spacial score (nSPS) is 11.2. The van der Waals surface area contributed by atoms with Crippen LogP contribution in [0.2, 0.25) is 4.34 Å². The number of hydrogen-bond acceptors (Lipinski definition) is 6. The number of aryl methyl sites for hydroxylation is 1. The number of rotatable bonds is 5. The Kier molecular flexibility index (Phi) is 5.03. The van der Waals surface area contributed by atoms with E-state index in [4.69, 9.17) is 16.6 Å². The third kappa shape index (κ3) is 3.47. The third-order valence-corrected chi connectivity index (χ3v) is 6.78. The number of imidazole rings is 1. The maximum atomic E-state index is 6.12.